The molecule has 1 aromatic carbocycles. The molecule has 1 aromatic heterocycles. The van der Waals surface area contributed by atoms with Gasteiger partial charge in [-0.05, 0) is 12.1 Å². The summed E-state index contributed by atoms with van der Waals surface area (Å²) in [6, 6.07) is 7.01. The van der Waals surface area contributed by atoms with Crippen molar-refractivity contribution in [2.24, 2.45) is 5.73 Å². The van der Waals surface area contributed by atoms with Crippen molar-refractivity contribution in [3.05, 3.63) is 48.5 Å². The fourth-order valence-electron chi connectivity index (χ4n) is 1.46. The third-order valence-corrected chi connectivity index (χ3v) is 2.45. The maximum atomic E-state index is 12.0. The number of amides is 1. The second kappa shape index (κ2) is 6.58. The van der Waals surface area contributed by atoms with Crippen LogP contribution in [-0.4, -0.2) is 27.5 Å². The van der Waals surface area contributed by atoms with Gasteiger partial charge in [-0.2, -0.15) is 0 Å². The summed E-state index contributed by atoms with van der Waals surface area (Å²) in [7, 11) is 0. The van der Waals surface area contributed by atoms with Gasteiger partial charge in [-0.1, -0.05) is 24.4 Å². The minimum atomic E-state index is -0.322. The van der Waals surface area contributed by atoms with Crippen LogP contribution in [0.3, 0.4) is 0 Å². The molecular weight excluding hydrogens is 276 g/mol. The zero-order valence-electron chi connectivity index (χ0n) is 10.4. The zero-order valence-corrected chi connectivity index (χ0v) is 11.3. The summed E-state index contributed by atoms with van der Waals surface area (Å²) in [5.41, 5.74) is 6.27. The van der Waals surface area contributed by atoms with Gasteiger partial charge in [-0.15, -0.1) is 0 Å². The number of nitrogens with one attached hydrogen (secondary N) is 1. The molecule has 6 nitrogen and oxygen atoms in total. The third kappa shape index (κ3) is 3.72. The van der Waals surface area contributed by atoms with E-state index in [4.69, 9.17) is 22.7 Å². The van der Waals surface area contributed by atoms with Crippen LogP contribution in [0, 0.1) is 0 Å². The number of carbonyl (C=O) groups is 1. The lowest BCUT2D eigenvalue weighted by Gasteiger charge is -2.11. The Kier molecular flexibility index (Phi) is 4.56. The number of aromatic nitrogens is 2. The third-order valence-electron chi connectivity index (χ3n) is 2.33. The highest BCUT2D eigenvalue weighted by Crippen LogP contribution is 2.24. The monoisotopic (exact) mass is 288 g/mol. The van der Waals surface area contributed by atoms with E-state index in [2.05, 4.69) is 15.3 Å². The SMILES string of the molecule is NC(=S)COc1ccccc1NC(=O)c1cncnc1. The predicted octanol–water partition coefficient (Wildman–Crippen LogP) is 1.39. The highest BCUT2D eigenvalue weighted by molar-refractivity contribution is 7.80. The van der Waals surface area contributed by atoms with Gasteiger partial charge in [0.15, 0.2) is 0 Å². The van der Waals surface area contributed by atoms with E-state index < -0.39 is 0 Å². The second-order valence-electron chi connectivity index (χ2n) is 3.83. The van der Waals surface area contributed by atoms with Gasteiger partial charge in [-0.3, -0.25) is 4.79 Å². The smallest absolute Gasteiger partial charge is 0.258 e. The van der Waals surface area contributed by atoms with Crippen molar-refractivity contribution in [2.75, 3.05) is 11.9 Å². The average Bonchev–Trinajstić information content (AvgIpc) is 2.47. The van der Waals surface area contributed by atoms with Crippen LogP contribution in [0.15, 0.2) is 43.0 Å². The molecule has 20 heavy (non-hydrogen) atoms. The minimum absolute atomic E-state index is 0.108. The molecule has 102 valence electrons. The maximum absolute atomic E-state index is 12.0. The molecule has 0 spiro atoms. The number of anilines is 1. The molecule has 0 atom stereocenters. The van der Waals surface area contributed by atoms with Gasteiger partial charge in [0.2, 0.25) is 0 Å². The number of hydrogen-bond acceptors (Lipinski definition) is 5. The van der Waals surface area contributed by atoms with Gasteiger partial charge < -0.3 is 15.8 Å². The lowest BCUT2D eigenvalue weighted by atomic mass is 10.2. The quantitative estimate of drug-likeness (QED) is 0.808. The van der Waals surface area contributed by atoms with E-state index in [0.717, 1.165) is 0 Å². The molecule has 2 rings (SSSR count). The van der Waals surface area contributed by atoms with Gasteiger partial charge in [0, 0.05) is 12.4 Å². The van der Waals surface area contributed by atoms with Crippen LogP contribution in [0.2, 0.25) is 0 Å². The summed E-state index contributed by atoms with van der Waals surface area (Å²) in [5.74, 6) is 0.169. The van der Waals surface area contributed by atoms with Gasteiger partial charge in [0.1, 0.15) is 23.7 Å². The number of nitrogens with zero attached hydrogens (tertiary/aromatic N) is 2. The van der Waals surface area contributed by atoms with E-state index in [0.29, 0.717) is 17.0 Å². The Bertz CT molecular complexity index is 619. The summed E-state index contributed by atoms with van der Waals surface area (Å²) in [4.78, 5) is 19.8. The Morgan fingerprint density at radius 2 is 2.00 bits per heavy atom. The molecular formula is C13H12N4O2S. The average molecular weight is 288 g/mol. The van der Waals surface area contributed by atoms with E-state index in [1.807, 2.05) is 0 Å². The largest absolute Gasteiger partial charge is 0.484 e. The minimum Gasteiger partial charge on any atom is -0.484 e. The van der Waals surface area contributed by atoms with Gasteiger partial charge in [-0.25, -0.2) is 9.97 Å². The zero-order chi connectivity index (χ0) is 14.4. The van der Waals surface area contributed by atoms with Crippen molar-refractivity contribution in [3.8, 4) is 5.75 Å². The summed E-state index contributed by atoms with van der Waals surface area (Å²) < 4.78 is 5.42. The Balaban J connectivity index is 2.13. The standard InChI is InChI=1S/C13H12N4O2S/c14-12(20)7-19-11-4-2-1-3-10(11)17-13(18)9-5-15-8-16-6-9/h1-6,8H,7H2,(H2,14,20)(H,17,18). The van der Waals surface area contributed by atoms with Crippen molar-refractivity contribution in [3.63, 3.8) is 0 Å². The Hall–Kier alpha value is -2.54. The Morgan fingerprint density at radius 1 is 1.30 bits per heavy atom. The molecule has 3 N–H and O–H groups in total. The number of carbonyl (C=O) groups excluding carboxylic acids is 1. The van der Waals surface area contributed by atoms with Crippen molar-refractivity contribution < 1.29 is 9.53 Å². The normalized spacial score (nSPS) is 9.80. The fourth-order valence-corrected chi connectivity index (χ4v) is 1.51. The van der Waals surface area contributed by atoms with E-state index in [1.165, 1.54) is 18.7 Å². The lowest BCUT2D eigenvalue weighted by molar-refractivity contribution is 0.102. The van der Waals surface area contributed by atoms with Gasteiger partial charge in [0.05, 0.1) is 11.3 Å². The first-order valence-corrected chi connectivity index (χ1v) is 6.14. The van der Waals surface area contributed by atoms with E-state index >= 15 is 0 Å². The highest BCUT2D eigenvalue weighted by Gasteiger charge is 2.10. The van der Waals surface area contributed by atoms with Crippen LogP contribution in [0.1, 0.15) is 10.4 Å². The summed E-state index contributed by atoms with van der Waals surface area (Å²) in [6.07, 6.45) is 4.22. The van der Waals surface area contributed by atoms with Crippen LogP contribution >= 0.6 is 12.2 Å². The van der Waals surface area contributed by atoms with Crippen LogP contribution in [-0.2, 0) is 0 Å². The van der Waals surface area contributed by atoms with Crippen LogP contribution in [0.25, 0.3) is 0 Å². The van der Waals surface area contributed by atoms with Crippen molar-refractivity contribution >= 4 is 28.8 Å². The number of rotatable bonds is 5. The van der Waals surface area contributed by atoms with Crippen molar-refractivity contribution in [1.29, 1.82) is 0 Å². The van der Waals surface area contributed by atoms with Crippen molar-refractivity contribution in [1.82, 2.24) is 9.97 Å². The number of thiocarbonyl (C=S) groups is 1. The molecule has 0 saturated carbocycles. The van der Waals surface area contributed by atoms with Gasteiger partial charge >= 0.3 is 0 Å². The fraction of sp³-hybridized carbons (Fsp3) is 0.0769. The maximum Gasteiger partial charge on any atom is 0.258 e. The van der Waals surface area contributed by atoms with Crippen LogP contribution in [0.5, 0.6) is 5.75 Å². The molecule has 0 bridgehead atoms. The molecule has 0 aliphatic rings. The first kappa shape index (κ1) is 13.9. The number of para-hydroxylation sites is 2. The molecule has 0 unspecified atom stereocenters. The van der Waals surface area contributed by atoms with Crippen molar-refractivity contribution in [2.45, 2.75) is 0 Å². The molecule has 0 saturated heterocycles. The summed E-state index contributed by atoms with van der Waals surface area (Å²) in [5, 5.41) is 2.72. The van der Waals surface area contributed by atoms with Crippen LogP contribution in [0.4, 0.5) is 5.69 Å². The molecule has 1 amide bonds. The molecule has 1 heterocycles. The Labute approximate surface area is 121 Å². The van der Waals surface area contributed by atoms with E-state index in [1.54, 1.807) is 24.3 Å². The molecule has 0 aliphatic heterocycles. The first-order valence-electron chi connectivity index (χ1n) is 5.73. The number of ether oxygens (including phenoxy) is 1. The summed E-state index contributed by atoms with van der Waals surface area (Å²) >= 11 is 4.75. The highest BCUT2D eigenvalue weighted by atomic mass is 32.1. The number of hydrogen-bond donors (Lipinski definition) is 2. The lowest BCUT2D eigenvalue weighted by Crippen LogP contribution is -2.19. The summed E-state index contributed by atoms with van der Waals surface area (Å²) in [6.45, 7) is 0.108. The topological polar surface area (TPSA) is 90.1 Å². The molecule has 0 fully saturated rings. The molecule has 0 radical (unpaired) electrons. The first-order chi connectivity index (χ1) is 9.66. The number of benzene rings is 1. The number of nitrogens with two attached hydrogens (primary N) is 1. The molecule has 2 aromatic rings. The molecule has 7 heteroatoms. The van der Waals surface area contributed by atoms with Gasteiger partial charge in [0.25, 0.3) is 5.91 Å². The Morgan fingerprint density at radius 3 is 2.70 bits per heavy atom. The second-order valence-corrected chi connectivity index (χ2v) is 4.36. The van der Waals surface area contributed by atoms with E-state index in [9.17, 15) is 4.79 Å². The van der Waals surface area contributed by atoms with Crippen LogP contribution < -0.4 is 15.8 Å². The molecule has 0 aliphatic carbocycles. The predicted molar refractivity (Wildman–Crippen MR) is 78.7 cm³/mol. The van der Waals surface area contributed by atoms with E-state index in [-0.39, 0.29) is 17.5 Å².